The van der Waals surface area contributed by atoms with Gasteiger partial charge >= 0.3 is 5.97 Å². The van der Waals surface area contributed by atoms with E-state index >= 15 is 0 Å². The van der Waals surface area contributed by atoms with Crippen LogP contribution in [0.4, 0.5) is 11.4 Å². The molecular weight excluding hydrogens is 427 g/mol. The first-order valence-electron chi connectivity index (χ1n) is 8.45. The second-order valence-electron chi connectivity index (χ2n) is 5.95. The third-order valence-electron chi connectivity index (χ3n) is 3.51. The lowest BCUT2D eigenvalue weighted by molar-refractivity contribution is -0.139. The Labute approximate surface area is 177 Å². The lowest BCUT2D eigenvalue weighted by Crippen LogP contribution is -2.15. The highest BCUT2D eigenvalue weighted by atomic mass is 35.5. The van der Waals surface area contributed by atoms with E-state index in [4.69, 9.17) is 44.6 Å². The van der Waals surface area contributed by atoms with E-state index in [1.807, 2.05) is 12.1 Å². The molecule has 0 atom stereocenters. The van der Waals surface area contributed by atoms with Gasteiger partial charge in [0, 0.05) is 22.9 Å². The van der Waals surface area contributed by atoms with Gasteiger partial charge in [-0.05, 0) is 42.3 Å². The number of ether oxygens (including phenoxy) is 1. The zero-order valence-corrected chi connectivity index (χ0v) is 17.3. The van der Waals surface area contributed by atoms with Crippen LogP contribution in [0.3, 0.4) is 0 Å². The largest absolute Gasteiger partial charge is 0.486 e. The van der Waals surface area contributed by atoms with E-state index < -0.39 is 18.3 Å². The van der Waals surface area contributed by atoms with Crippen molar-refractivity contribution in [1.82, 2.24) is 0 Å². The molecule has 2 rings (SSSR count). The van der Waals surface area contributed by atoms with Crippen molar-refractivity contribution in [2.24, 2.45) is 0 Å². The number of carboxylic acids is 1. The molecule has 0 heterocycles. The van der Waals surface area contributed by atoms with Crippen molar-refractivity contribution in [3.05, 3.63) is 51.0 Å². The van der Waals surface area contributed by atoms with Crippen molar-refractivity contribution in [1.29, 1.82) is 0 Å². The summed E-state index contributed by atoms with van der Waals surface area (Å²) >= 11 is 18.6. The van der Waals surface area contributed by atoms with Gasteiger partial charge in [-0.2, -0.15) is 0 Å². The minimum absolute atomic E-state index is 0.185. The fourth-order valence-corrected chi connectivity index (χ4v) is 3.23. The minimum Gasteiger partial charge on any atom is -0.486 e. The van der Waals surface area contributed by atoms with Crippen LogP contribution in [0.2, 0.25) is 15.1 Å². The Hall–Kier alpha value is -2.15. The zero-order valence-electron chi connectivity index (χ0n) is 15.0. The maximum Gasteiger partial charge on any atom is 0.312 e. The Morgan fingerprint density at radius 1 is 1.04 bits per heavy atom. The van der Waals surface area contributed by atoms with Crippen molar-refractivity contribution >= 4 is 58.1 Å². The van der Waals surface area contributed by atoms with Crippen molar-refractivity contribution in [3.8, 4) is 5.75 Å². The molecular formula is C19H19Cl3N2O4. The second kappa shape index (κ2) is 10.4. The third kappa shape index (κ3) is 6.78. The molecule has 3 N–H and O–H groups in total. The first-order valence-corrected chi connectivity index (χ1v) is 9.58. The Morgan fingerprint density at radius 3 is 2.32 bits per heavy atom. The number of hydrogen-bond donors (Lipinski definition) is 3. The summed E-state index contributed by atoms with van der Waals surface area (Å²) in [6, 6.07) is 8.41. The van der Waals surface area contributed by atoms with Crippen molar-refractivity contribution < 1.29 is 19.4 Å². The molecule has 0 aliphatic carbocycles. The lowest BCUT2D eigenvalue weighted by Gasteiger charge is -2.14. The molecule has 6 nitrogen and oxygen atoms in total. The Bertz CT molecular complexity index is 851. The van der Waals surface area contributed by atoms with Crippen LogP contribution in [0.25, 0.3) is 0 Å². The monoisotopic (exact) mass is 444 g/mol. The highest BCUT2D eigenvalue weighted by Gasteiger charge is 2.14. The first kappa shape index (κ1) is 22.1. The highest BCUT2D eigenvalue weighted by Crippen LogP contribution is 2.36. The molecule has 0 aromatic heterocycles. The van der Waals surface area contributed by atoms with Gasteiger partial charge in [-0.3, -0.25) is 9.59 Å². The van der Waals surface area contributed by atoms with Crippen molar-refractivity contribution in [3.63, 3.8) is 0 Å². The second-order valence-corrected chi connectivity index (χ2v) is 7.20. The summed E-state index contributed by atoms with van der Waals surface area (Å²) in [6.45, 7) is 3.08. The zero-order chi connectivity index (χ0) is 20.7. The van der Waals surface area contributed by atoms with Crippen LogP contribution in [0, 0.1) is 0 Å². The molecule has 0 bridgehead atoms. The summed E-state index contributed by atoms with van der Waals surface area (Å²) in [7, 11) is 0. The minimum atomic E-state index is -1.23. The number of nitrogens with one attached hydrogen (secondary N) is 2. The van der Waals surface area contributed by atoms with Crippen molar-refractivity contribution in [2.45, 2.75) is 26.4 Å². The SMILES string of the molecule is CCCNc1cc(Cl)cc(COc2c(Cl)cc(NC(=O)CC(=O)O)cc2Cl)c1. The van der Waals surface area contributed by atoms with Crippen LogP contribution in [0.5, 0.6) is 5.75 Å². The van der Waals surface area contributed by atoms with Gasteiger partial charge in [0.2, 0.25) is 5.91 Å². The summed E-state index contributed by atoms with van der Waals surface area (Å²) in [4.78, 5) is 22.1. The van der Waals surface area contributed by atoms with Crippen LogP contribution >= 0.6 is 34.8 Å². The van der Waals surface area contributed by atoms with Gasteiger partial charge in [0.1, 0.15) is 13.0 Å². The molecule has 0 spiro atoms. The molecule has 0 saturated heterocycles. The molecule has 1 amide bonds. The fraction of sp³-hybridized carbons (Fsp3) is 0.263. The van der Waals surface area contributed by atoms with Gasteiger partial charge in [-0.1, -0.05) is 41.7 Å². The molecule has 28 heavy (non-hydrogen) atoms. The number of amides is 1. The first-order chi connectivity index (χ1) is 13.3. The molecule has 0 saturated carbocycles. The highest BCUT2D eigenvalue weighted by molar-refractivity contribution is 6.37. The predicted molar refractivity (Wildman–Crippen MR) is 112 cm³/mol. The predicted octanol–water partition coefficient (Wildman–Crippen LogP) is 5.46. The molecule has 9 heteroatoms. The Morgan fingerprint density at radius 2 is 1.71 bits per heavy atom. The summed E-state index contributed by atoms with van der Waals surface area (Å²) in [5.74, 6) is -1.66. The number of aliphatic carboxylic acids is 1. The molecule has 2 aromatic rings. The molecule has 150 valence electrons. The summed E-state index contributed by atoms with van der Waals surface area (Å²) in [5, 5.41) is 15.3. The molecule has 0 unspecified atom stereocenters. The topological polar surface area (TPSA) is 87.7 Å². The van der Waals surface area contributed by atoms with Crippen LogP contribution in [0.1, 0.15) is 25.3 Å². The molecule has 0 aliphatic rings. The van der Waals surface area contributed by atoms with E-state index in [1.54, 1.807) is 6.07 Å². The van der Waals surface area contributed by atoms with Crippen molar-refractivity contribution in [2.75, 3.05) is 17.2 Å². The average molecular weight is 446 g/mol. The van der Waals surface area contributed by atoms with Crippen LogP contribution in [-0.4, -0.2) is 23.5 Å². The van der Waals surface area contributed by atoms with E-state index in [0.29, 0.717) is 5.02 Å². The number of hydrogen-bond acceptors (Lipinski definition) is 4. The van der Waals surface area contributed by atoms with Crippen LogP contribution in [0.15, 0.2) is 30.3 Å². The van der Waals surface area contributed by atoms with E-state index in [-0.39, 0.29) is 28.1 Å². The number of carbonyl (C=O) groups is 2. The molecule has 2 aromatic carbocycles. The number of rotatable bonds is 9. The van der Waals surface area contributed by atoms with Crippen LogP contribution in [-0.2, 0) is 16.2 Å². The smallest absolute Gasteiger partial charge is 0.312 e. The number of benzene rings is 2. The van der Waals surface area contributed by atoms with Crippen LogP contribution < -0.4 is 15.4 Å². The summed E-state index contributed by atoms with van der Waals surface area (Å²) in [5.41, 5.74) is 2.00. The van der Waals surface area contributed by atoms with E-state index in [1.165, 1.54) is 12.1 Å². The molecule has 0 aliphatic heterocycles. The Kier molecular flexibility index (Phi) is 8.23. The van der Waals surface area contributed by atoms with Gasteiger partial charge in [0.05, 0.1) is 10.0 Å². The van der Waals surface area contributed by atoms with E-state index in [9.17, 15) is 9.59 Å². The standard InChI is InChI=1S/C19H19Cl3N2O4/c1-2-3-23-13-5-11(4-12(20)6-13)10-28-19-15(21)7-14(8-16(19)22)24-17(25)9-18(26)27/h4-8,23H,2-3,9-10H2,1H3,(H,24,25)(H,26,27). The van der Waals surface area contributed by atoms with Gasteiger partial charge in [0.15, 0.2) is 5.75 Å². The number of anilines is 2. The maximum atomic E-state index is 11.6. The normalized spacial score (nSPS) is 10.4. The van der Waals surface area contributed by atoms with Gasteiger partial charge in [-0.25, -0.2) is 0 Å². The number of carbonyl (C=O) groups excluding carboxylic acids is 1. The third-order valence-corrected chi connectivity index (χ3v) is 4.29. The summed E-state index contributed by atoms with van der Waals surface area (Å²) in [6.07, 6.45) is 0.329. The quantitative estimate of drug-likeness (QED) is 0.446. The fourth-order valence-electron chi connectivity index (χ4n) is 2.37. The van der Waals surface area contributed by atoms with Gasteiger partial charge in [-0.15, -0.1) is 0 Å². The Balaban J connectivity index is 2.09. The van der Waals surface area contributed by atoms with E-state index in [2.05, 4.69) is 17.6 Å². The maximum absolute atomic E-state index is 11.6. The summed E-state index contributed by atoms with van der Waals surface area (Å²) < 4.78 is 5.74. The van der Waals surface area contributed by atoms with E-state index in [0.717, 1.165) is 24.2 Å². The lowest BCUT2D eigenvalue weighted by atomic mass is 10.2. The van der Waals surface area contributed by atoms with Gasteiger partial charge in [0.25, 0.3) is 0 Å². The number of carboxylic acid groups (broad SMARTS) is 1. The number of halogens is 3. The molecule has 0 radical (unpaired) electrons. The average Bonchev–Trinajstić information content (AvgIpc) is 2.58. The molecule has 0 fully saturated rings. The van der Waals surface area contributed by atoms with Gasteiger partial charge < -0.3 is 20.5 Å².